The normalized spacial score (nSPS) is 17.8. The fraction of sp³-hybridized carbons (Fsp3) is 0.273. The third kappa shape index (κ3) is 4.91. The van der Waals surface area contributed by atoms with E-state index in [2.05, 4.69) is 31.4 Å². The molecule has 0 saturated carbocycles. The average Bonchev–Trinajstić information content (AvgIpc) is 3.24. The first-order chi connectivity index (χ1) is 14.9. The highest BCUT2D eigenvalue weighted by molar-refractivity contribution is 6.30. The molecule has 0 saturated heterocycles. The molecule has 2 aliphatic heterocycles. The van der Waals surface area contributed by atoms with Gasteiger partial charge in [0.15, 0.2) is 6.10 Å². The highest BCUT2D eigenvalue weighted by Crippen LogP contribution is 2.24. The lowest BCUT2D eigenvalue weighted by Crippen LogP contribution is -2.25. The molecule has 2 aromatic rings. The number of carbonyl (C=O) groups excluding carboxylic acids is 1. The molecule has 0 spiro atoms. The molecule has 2 aliphatic rings. The first kappa shape index (κ1) is 21.0. The number of amides is 1. The van der Waals surface area contributed by atoms with Gasteiger partial charge in [0.05, 0.1) is 10.7 Å². The average molecular weight is 442 g/mol. The van der Waals surface area contributed by atoms with Crippen LogP contribution in [0, 0.1) is 12.7 Å². The summed E-state index contributed by atoms with van der Waals surface area (Å²) in [6, 6.07) is 5.90. The molecule has 0 radical (unpaired) electrons. The summed E-state index contributed by atoms with van der Waals surface area (Å²) in [7, 11) is 2.00. The van der Waals surface area contributed by atoms with E-state index in [1.807, 2.05) is 19.3 Å². The number of aromatic nitrogens is 2. The monoisotopic (exact) mass is 441 g/mol. The molecule has 7 nitrogen and oxygen atoms in total. The lowest BCUT2D eigenvalue weighted by Gasteiger charge is -2.20. The second-order valence-electron chi connectivity index (χ2n) is 7.42. The molecule has 1 aromatic heterocycles. The van der Waals surface area contributed by atoms with Crippen LogP contribution in [0.25, 0.3) is 0 Å². The molecule has 1 atom stereocenters. The molecular formula is C22H21ClFN5O2. The minimum Gasteiger partial charge on any atom is -0.387 e. The van der Waals surface area contributed by atoms with Crippen molar-refractivity contribution >= 4 is 23.2 Å². The summed E-state index contributed by atoms with van der Waals surface area (Å²) < 4.78 is 13.3. The maximum Gasteiger partial charge on any atom is 0.270 e. The van der Waals surface area contributed by atoms with Gasteiger partial charge >= 0.3 is 0 Å². The van der Waals surface area contributed by atoms with Gasteiger partial charge in [0, 0.05) is 38.3 Å². The number of hydrogen-bond acceptors (Lipinski definition) is 6. The summed E-state index contributed by atoms with van der Waals surface area (Å²) >= 11 is 5.79. The van der Waals surface area contributed by atoms with Crippen molar-refractivity contribution in [1.29, 1.82) is 0 Å². The van der Waals surface area contributed by atoms with Crippen LogP contribution in [0.15, 0.2) is 53.3 Å². The third-order valence-electron chi connectivity index (χ3n) is 4.92. The number of nitrogens with zero attached hydrogens (tertiary/aromatic N) is 4. The minimum atomic E-state index is -0.503. The van der Waals surface area contributed by atoms with E-state index in [4.69, 9.17) is 16.4 Å². The van der Waals surface area contributed by atoms with E-state index >= 15 is 0 Å². The van der Waals surface area contributed by atoms with Gasteiger partial charge in [-0.1, -0.05) is 35.0 Å². The summed E-state index contributed by atoms with van der Waals surface area (Å²) in [5.74, 6) is -0.422. The summed E-state index contributed by atoms with van der Waals surface area (Å²) in [5.41, 5.74) is 3.16. The van der Waals surface area contributed by atoms with Gasteiger partial charge in [-0.25, -0.2) is 14.4 Å². The number of halogens is 2. The molecule has 1 amide bonds. The number of oxime groups is 1. The zero-order valence-corrected chi connectivity index (χ0v) is 17.9. The predicted molar refractivity (Wildman–Crippen MR) is 115 cm³/mol. The Morgan fingerprint density at radius 3 is 2.97 bits per heavy atom. The van der Waals surface area contributed by atoms with Crippen LogP contribution in [-0.4, -0.2) is 46.2 Å². The van der Waals surface area contributed by atoms with Crippen molar-refractivity contribution in [1.82, 2.24) is 20.2 Å². The number of rotatable bonds is 5. The fourth-order valence-electron chi connectivity index (χ4n) is 3.36. The van der Waals surface area contributed by atoms with Gasteiger partial charge in [0.2, 0.25) is 0 Å². The number of hydrogen-bond donors (Lipinski definition) is 1. The van der Waals surface area contributed by atoms with Crippen LogP contribution >= 0.6 is 11.6 Å². The zero-order valence-electron chi connectivity index (χ0n) is 17.1. The maximum atomic E-state index is 13.3. The molecule has 1 aromatic carbocycles. The first-order valence-corrected chi connectivity index (χ1v) is 10.2. The summed E-state index contributed by atoms with van der Waals surface area (Å²) in [6.45, 7) is 2.77. The van der Waals surface area contributed by atoms with Gasteiger partial charge in [-0.2, -0.15) is 0 Å². The standard InChI is InChI=1S/C22H21ClFN5O2/c1-13-26-18(19-10-21(31-28-19)15-4-3-7-29(2)12-15)9-20(27-13)22(30)25-11-14-5-6-17(24)16(23)8-14/h3-6,8-9,12,21H,7,10-11H2,1-2H3,(H,25,30). The van der Waals surface area contributed by atoms with Crippen molar-refractivity contribution in [3.8, 4) is 0 Å². The largest absolute Gasteiger partial charge is 0.387 e. The quantitative estimate of drug-likeness (QED) is 0.769. The van der Waals surface area contributed by atoms with E-state index in [-0.39, 0.29) is 29.3 Å². The Morgan fingerprint density at radius 1 is 1.35 bits per heavy atom. The highest BCUT2D eigenvalue weighted by Gasteiger charge is 2.27. The molecule has 3 heterocycles. The molecule has 160 valence electrons. The smallest absolute Gasteiger partial charge is 0.270 e. The van der Waals surface area contributed by atoms with E-state index in [1.54, 1.807) is 19.1 Å². The van der Waals surface area contributed by atoms with Gasteiger partial charge in [-0.05, 0) is 30.7 Å². The number of nitrogens with one attached hydrogen (secondary N) is 1. The van der Waals surface area contributed by atoms with Crippen molar-refractivity contribution in [2.24, 2.45) is 5.16 Å². The Labute approximate surface area is 184 Å². The van der Waals surface area contributed by atoms with Crippen LogP contribution in [0.3, 0.4) is 0 Å². The number of benzene rings is 1. The Bertz CT molecular complexity index is 1120. The molecule has 0 fully saturated rings. The van der Waals surface area contributed by atoms with Crippen LogP contribution in [0.4, 0.5) is 4.39 Å². The lowest BCUT2D eigenvalue weighted by atomic mass is 10.0. The van der Waals surface area contributed by atoms with Gasteiger partial charge in [-0.3, -0.25) is 4.79 Å². The molecule has 1 unspecified atom stereocenters. The topological polar surface area (TPSA) is 79.7 Å². The SMILES string of the molecule is Cc1nc(C(=O)NCc2ccc(F)c(Cl)c2)cc(C2=NOC(C3=CN(C)CC=C3)C2)n1. The van der Waals surface area contributed by atoms with Gasteiger partial charge in [-0.15, -0.1) is 0 Å². The molecule has 0 bridgehead atoms. The summed E-state index contributed by atoms with van der Waals surface area (Å²) in [6.07, 6.45) is 6.51. The van der Waals surface area contributed by atoms with E-state index in [9.17, 15) is 9.18 Å². The third-order valence-corrected chi connectivity index (χ3v) is 5.21. The predicted octanol–water partition coefficient (Wildman–Crippen LogP) is 3.39. The Morgan fingerprint density at radius 2 is 2.19 bits per heavy atom. The van der Waals surface area contributed by atoms with Crippen molar-refractivity contribution in [3.05, 3.63) is 81.8 Å². The van der Waals surface area contributed by atoms with Gasteiger partial charge in [0.25, 0.3) is 5.91 Å². The van der Waals surface area contributed by atoms with E-state index < -0.39 is 5.82 Å². The Balaban J connectivity index is 1.45. The minimum absolute atomic E-state index is 0.00911. The van der Waals surface area contributed by atoms with Gasteiger partial charge in [0.1, 0.15) is 23.0 Å². The number of carbonyl (C=O) groups is 1. The van der Waals surface area contributed by atoms with Crippen LogP contribution < -0.4 is 5.32 Å². The van der Waals surface area contributed by atoms with E-state index in [0.717, 1.165) is 12.1 Å². The molecule has 4 rings (SSSR count). The lowest BCUT2D eigenvalue weighted by molar-refractivity contribution is 0.0945. The second kappa shape index (κ2) is 8.85. The second-order valence-corrected chi connectivity index (χ2v) is 7.83. The van der Waals surface area contributed by atoms with Crippen LogP contribution in [0.1, 0.15) is 34.0 Å². The Kier molecular flexibility index (Phi) is 5.99. The molecular weight excluding hydrogens is 421 g/mol. The molecule has 0 aliphatic carbocycles. The fourth-order valence-corrected chi connectivity index (χ4v) is 3.56. The van der Waals surface area contributed by atoms with Crippen LogP contribution in [-0.2, 0) is 11.4 Å². The van der Waals surface area contributed by atoms with Crippen molar-refractivity contribution in [2.45, 2.75) is 26.0 Å². The van der Waals surface area contributed by atoms with E-state index in [1.165, 1.54) is 12.1 Å². The van der Waals surface area contributed by atoms with Crippen molar-refractivity contribution in [3.63, 3.8) is 0 Å². The summed E-state index contributed by atoms with van der Waals surface area (Å²) in [5, 5.41) is 6.97. The first-order valence-electron chi connectivity index (χ1n) is 9.78. The highest BCUT2D eigenvalue weighted by atomic mass is 35.5. The Hall–Kier alpha value is -3.26. The van der Waals surface area contributed by atoms with Crippen LogP contribution in [0.2, 0.25) is 5.02 Å². The van der Waals surface area contributed by atoms with E-state index in [0.29, 0.717) is 29.2 Å². The number of likely N-dealkylation sites (N-methyl/N-ethyl adjacent to an activating group) is 1. The van der Waals surface area contributed by atoms with Crippen molar-refractivity contribution < 1.29 is 14.0 Å². The van der Waals surface area contributed by atoms with Gasteiger partial charge < -0.3 is 15.1 Å². The van der Waals surface area contributed by atoms with Crippen LogP contribution in [0.5, 0.6) is 0 Å². The molecule has 9 heteroatoms. The number of aryl methyl sites for hydroxylation is 1. The maximum absolute atomic E-state index is 13.3. The molecule has 31 heavy (non-hydrogen) atoms. The van der Waals surface area contributed by atoms with Crippen molar-refractivity contribution in [2.75, 3.05) is 13.6 Å². The molecule has 1 N–H and O–H groups in total. The zero-order chi connectivity index (χ0) is 22.0. The summed E-state index contributed by atoms with van der Waals surface area (Å²) in [4.78, 5) is 29.0.